The summed E-state index contributed by atoms with van der Waals surface area (Å²) in [5.74, 6) is -2.57. The highest BCUT2D eigenvalue weighted by Gasteiger charge is 2.24. The van der Waals surface area contributed by atoms with Crippen LogP contribution < -0.4 is 16.1 Å². The number of amides is 3. The summed E-state index contributed by atoms with van der Waals surface area (Å²) in [5.41, 5.74) is 1.87. The van der Waals surface area contributed by atoms with Crippen molar-refractivity contribution in [1.29, 1.82) is 0 Å². The summed E-state index contributed by atoms with van der Waals surface area (Å²) in [5, 5.41) is 9.44. The van der Waals surface area contributed by atoms with Crippen LogP contribution in [0.1, 0.15) is 34.2 Å². The largest absolute Gasteiger partial charge is 0.357 e. The molecule has 3 N–H and O–H groups in total. The topological polar surface area (TPSA) is 127 Å². The number of pyridine rings is 1. The third-order valence-electron chi connectivity index (χ3n) is 4.59. The molecular weight excluding hydrogens is 615 g/mol. The molecule has 0 bridgehead atoms. The van der Waals surface area contributed by atoms with Crippen molar-refractivity contribution < 1.29 is 23.6 Å². The van der Waals surface area contributed by atoms with Gasteiger partial charge in [0.2, 0.25) is 0 Å². The van der Waals surface area contributed by atoms with E-state index >= 15 is 0 Å². The Morgan fingerprint density at radius 3 is 2.63 bits per heavy atom. The van der Waals surface area contributed by atoms with Gasteiger partial charge in [0.05, 0.1) is 16.3 Å². The van der Waals surface area contributed by atoms with Crippen LogP contribution in [0.3, 0.4) is 0 Å². The minimum Gasteiger partial charge on any atom is -0.357 e. The standard InChI is InChI=1S/C21H18Br2ClFN6O4/c1-3-15(21(34)26-2)35-30-19(32)11-7-10(25)8-12(22)17(11)28-20(33)14-9-16(23)29-31(14)18-13(24)5-4-6-27-18/h4-9,15H,3H2,1-2H3,(H,26,34)(H,28,33)(H,30,32). The minimum absolute atomic E-state index is 0.0296. The van der Waals surface area contributed by atoms with E-state index in [9.17, 15) is 18.8 Å². The predicted octanol–water partition coefficient (Wildman–Crippen LogP) is 4.02. The van der Waals surface area contributed by atoms with E-state index in [-0.39, 0.29) is 38.7 Å². The van der Waals surface area contributed by atoms with Crippen molar-refractivity contribution in [1.82, 2.24) is 25.6 Å². The summed E-state index contributed by atoms with van der Waals surface area (Å²) in [6.45, 7) is 1.69. The van der Waals surface area contributed by atoms with Gasteiger partial charge >= 0.3 is 0 Å². The van der Waals surface area contributed by atoms with Gasteiger partial charge in [-0.2, -0.15) is 5.10 Å². The number of halogens is 4. The normalized spacial score (nSPS) is 11.6. The SMILES string of the molecule is CCC(ONC(=O)c1cc(F)cc(Br)c1NC(=O)c1cc(Br)nn1-c1ncccc1Cl)C(=O)NC. The van der Waals surface area contributed by atoms with Crippen molar-refractivity contribution in [3.63, 3.8) is 0 Å². The third-order valence-corrected chi connectivity index (χ3v) is 5.90. The first-order chi connectivity index (χ1) is 16.7. The molecule has 0 radical (unpaired) electrons. The number of hydroxylamine groups is 1. The molecule has 0 aliphatic rings. The smallest absolute Gasteiger partial charge is 0.277 e. The molecule has 0 saturated carbocycles. The van der Waals surface area contributed by atoms with Gasteiger partial charge in [0.1, 0.15) is 16.1 Å². The number of nitrogens with one attached hydrogen (secondary N) is 3. The zero-order valence-electron chi connectivity index (χ0n) is 18.2. The van der Waals surface area contributed by atoms with Crippen molar-refractivity contribution in [2.75, 3.05) is 12.4 Å². The Hall–Kier alpha value is -2.87. The highest BCUT2D eigenvalue weighted by molar-refractivity contribution is 9.10. The lowest BCUT2D eigenvalue weighted by Gasteiger charge is -2.17. The van der Waals surface area contributed by atoms with Crippen LogP contribution in [-0.2, 0) is 9.63 Å². The van der Waals surface area contributed by atoms with Crippen LogP contribution >= 0.6 is 43.5 Å². The Kier molecular flexibility index (Phi) is 8.94. The molecule has 184 valence electrons. The maximum Gasteiger partial charge on any atom is 0.277 e. The average Bonchev–Trinajstić information content (AvgIpc) is 3.22. The van der Waals surface area contributed by atoms with E-state index < -0.39 is 29.6 Å². The van der Waals surface area contributed by atoms with E-state index in [0.29, 0.717) is 4.60 Å². The summed E-state index contributed by atoms with van der Waals surface area (Å²) >= 11 is 12.6. The van der Waals surface area contributed by atoms with Crippen molar-refractivity contribution in [3.8, 4) is 5.82 Å². The lowest BCUT2D eigenvalue weighted by atomic mass is 10.1. The van der Waals surface area contributed by atoms with Crippen molar-refractivity contribution in [2.24, 2.45) is 0 Å². The summed E-state index contributed by atoms with van der Waals surface area (Å²) < 4.78 is 15.8. The second-order valence-electron chi connectivity index (χ2n) is 6.90. The number of anilines is 1. The fraction of sp³-hybridized carbons (Fsp3) is 0.190. The van der Waals surface area contributed by atoms with Crippen LogP contribution in [-0.4, -0.2) is 45.6 Å². The highest BCUT2D eigenvalue weighted by Crippen LogP contribution is 2.30. The number of rotatable bonds is 8. The Morgan fingerprint density at radius 2 is 1.97 bits per heavy atom. The van der Waals surface area contributed by atoms with E-state index in [4.69, 9.17) is 16.4 Å². The van der Waals surface area contributed by atoms with Gasteiger partial charge in [-0.15, -0.1) is 0 Å². The van der Waals surface area contributed by atoms with E-state index in [1.165, 1.54) is 24.0 Å². The fourth-order valence-corrected chi connectivity index (χ4v) is 4.04. The van der Waals surface area contributed by atoms with Crippen LogP contribution in [0.15, 0.2) is 45.6 Å². The molecule has 0 aliphatic carbocycles. The quantitative estimate of drug-likeness (QED) is 0.322. The van der Waals surface area contributed by atoms with Gasteiger partial charge in [-0.05, 0) is 62.5 Å². The number of aromatic nitrogens is 3. The van der Waals surface area contributed by atoms with Crippen LogP contribution in [0.5, 0.6) is 0 Å². The van der Waals surface area contributed by atoms with Crippen LogP contribution in [0.4, 0.5) is 10.1 Å². The van der Waals surface area contributed by atoms with Gasteiger partial charge < -0.3 is 10.6 Å². The number of carbonyl (C=O) groups excluding carboxylic acids is 3. The van der Waals surface area contributed by atoms with Gasteiger partial charge in [-0.25, -0.2) is 19.5 Å². The number of hydrogen-bond donors (Lipinski definition) is 3. The molecule has 1 atom stereocenters. The van der Waals surface area contributed by atoms with E-state index in [0.717, 1.165) is 12.1 Å². The molecule has 3 amide bonds. The molecule has 1 unspecified atom stereocenters. The fourth-order valence-electron chi connectivity index (χ4n) is 2.93. The number of nitrogens with zero attached hydrogens (tertiary/aromatic N) is 3. The first kappa shape index (κ1) is 26.7. The highest BCUT2D eigenvalue weighted by atomic mass is 79.9. The molecule has 0 aliphatic heterocycles. The van der Waals surface area contributed by atoms with Gasteiger partial charge in [0.25, 0.3) is 17.7 Å². The second kappa shape index (κ2) is 11.7. The van der Waals surface area contributed by atoms with Crippen molar-refractivity contribution in [2.45, 2.75) is 19.4 Å². The minimum atomic E-state index is -0.964. The molecule has 0 saturated heterocycles. The predicted molar refractivity (Wildman–Crippen MR) is 133 cm³/mol. The molecule has 2 aromatic heterocycles. The molecule has 10 nitrogen and oxygen atoms in total. The first-order valence-corrected chi connectivity index (χ1v) is 12.0. The number of carbonyl (C=O) groups is 3. The molecule has 3 aromatic rings. The number of benzene rings is 1. The summed E-state index contributed by atoms with van der Waals surface area (Å²) in [7, 11) is 1.43. The van der Waals surface area contributed by atoms with Crippen molar-refractivity contribution in [3.05, 3.63) is 67.7 Å². The van der Waals surface area contributed by atoms with Crippen molar-refractivity contribution >= 4 is 66.9 Å². The van der Waals surface area contributed by atoms with E-state index in [1.54, 1.807) is 19.1 Å². The molecule has 14 heteroatoms. The monoisotopic (exact) mass is 630 g/mol. The average molecular weight is 633 g/mol. The number of likely N-dealkylation sites (N-methyl/N-ethyl adjacent to an activating group) is 1. The first-order valence-electron chi connectivity index (χ1n) is 10.0. The number of hydrogen-bond acceptors (Lipinski definition) is 6. The Bertz CT molecular complexity index is 1290. The second-order valence-corrected chi connectivity index (χ2v) is 8.97. The molecular formula is C21H18Br2ClFN6O4. The van der Waals surface area contributed by atoms with Gasteiger partial charge in [-0.1, -0.05) is 18.5 Å². The lowest BCUT2D eigenvalue weighted by Crippen LogP contribution is -2.39. The van der Waals surface area contributed by atoms with Gasteiger partial charge in [0.15, 0.2) is 11.9 Å². The molecule has 1 aromatic carbocycles. The zero-order chi connectivity index (χ0) is 25.7. The Balaban J connectivity index is 1.92. The van der Waals surface area contributed by atoms with Gasteiger partial charge in [-0.3, -0.25) is 19.2 Å². The summed E-state index contributed by atoms with van der Waals surface area (Å²) in [4.78, 5) is 47.1. The van der Waals surface area contributed by atoms with Crippen LogP contribution in [0, 0.1) is 5.82 Å². The van der Waals surface area contributed by atoms with Crippen LogP contribution in [0.2, 0.25) is 5.02 Å². The Labute approximate surface area is 220 Å². The van der Waals surface area contributed by atoms with Gasteiger partial charge in [0, 0.05) is 23.8 Å². The van der Waals surface area contributed by atoms with E-state index in [1.807, 2.05) is 0 Å². The molecule has 3 rings (SSSR count). The maximum atomic E-state index is 14.1. The zero-order valence-corrected chi connectivity index (χ0v) is 22.2. The molecule has 35 heavy (non-hydrogen) atoms. The molecule has 0 spiro atoms. The van der Waals surface area contributed by atoms with Crippen LogP contribution in [0.25, 0.3) is 5.82 Å². The summed E-state index contributed by atoms with van der Waals surface area (Å²) in [6.07, 6.45) is 0.791. The maximum absolute atomic E-state index is 14.1. The molecule has 2 heterocycles. The summed E-state index contributed by atoms with van der Waals surface area (Å²) in [6, 6.07) is 6.64. The lowest BCUT2D eigenvalue weighted by molar-refractivity contribution is -0.136. The van der Waals surface area contributed by atoms with E-state index in [2.05, 4.69) is 58.1 Å². The third kappa shape index (κ3) is 6.23. The Morgan fingerprint density at radius 1 is 1.23 bits per heavy atom. The molecule has 0 fully saturated rings.